The first-order chi connectivity index (χ1) is 26.2. The Labute approximate surface area is 304 Å². The van der Waals surface area contributed by atoms with Gasteiger partial charge in [-0.15, -0.1) is 0 Å². The van der Waals surface area contributed by atoms with E-state index in [-0.39, 0.29) is 0 Å². The number of nitrogens with zero attached hydrogens (tertiary/aromatic N) is 5. The van der Waals surface area contributed by atoms with Crippen LogP contribution in [-0.4, -0.2) is 18.7 Å². The van der Waals surface area contributed by atoms with Crippen molar-refractivity contribution in [2.45, 2.75) is 0 Å². The first-order valence-corrected chi connectivity index (χ1v) is 17.8. The van der Waals surface area contributed by atoms with E-state index < -0.39 is 0 Å². The molecule has 0 spiro atoms. The van der Waals surface area contributed by atoms with E-state index in [0.29, 0.717) is 5.56 Å². The van der Waals surface area contributed by atoms with Crippen LogP contribution in [0.5, 0.6) is 0 Å². The molecule has 7 aromatic carbocycles. The molecule has 0 aliphatic rings. The molecule has 246 valence electrons. The Kier molecular flexibility index (Phi) is 6.25. The van der Waals surface area contributed by atoms with Gasteiger partial charge in [0, 0.05) is 50.2 Å². The maximum absolute atomic E-state index is 9.64. The van der Waals surface area contributed by atoms with Crippen LogP contribution in [0.3, 0.4) is 0 Å². The summed E-state index contributed by atoms with van der Waals surface area (Å²) in [4.78, 5) is 4.94. The number of para-hydroxylation sites is 3. The molecule has 11 aromatic rings. The number of aromatic nitrogens is 4. The van der Waals surface area contributed by atoms with Crippen molar-refractivity contribution in [1.29, 1.82) is 5.26 Å². The molecule has 0 N–H and O–H groups in total. The van der Waals surface area contributed by atoms with Crippen molar-refractivity contribution < 1.29 is 0 Å². The van der Waals surface area contributed by atoms with Crippen LogP contribution < -0.4 is 0 Å². The van der Waals surface area contributed by atoms with Gasteiger partial charge in [0.05, 0.1) is 50.2 Å². The topological polar surface area (TPSA) is 51.5 Å². The third kappa shape index (κ3) is 4.33. The molecule has 5 heteroatoms. The van der Waals surface area contributed by atoms with E-state index in [0.717, 1.165) is 77.4 Å². The summed E-state index contributed by atoms with van der Waals surface area (Å²) in [5.74, 6) is 0. The minimum absolute atomic E-state index is 0.661. The highest BCUT2D eigenvalue weighted by atomic mass is 15.0. The molecule has 53 heavy (non-hydrogen) atoms. The van der Waals surface area contributed by atoms with Gasteiger partial charge in [-0.05, 0) is 102 Å². The predicted molar refractivity (Wildman–Crippen MR) is 217 cm³/mol. The van der Waals surface area contributed by atoms with Gasteiger partial charge in [0.1, 0.15) is 0 Å². The number of hydrogen-bond donors (Lipinski definition) is 0. The van der Waals surface area contributed by atoms with Crippen molar-refractivity contribution in [1.82, 2.24) is 18.7 Å². The van der Waals surface area contributed by atoms with E-state index in [1.54, 1.807) is 0 Å². The van der Waals surface area contributed by atoms with Crippen LogP contribution >= 0.6 is 0 Å². The van der Waals surface area contributed by atoms with Gasteiger partial charge in [-0.25, -0.2) is 0 Å². The second-order valence-electron chi connectivity index (χ2n) is 13.6. The molecule has 0 aliphatic heterocycles. The highest BCUT2D eigenvalue weighted by molar-refractivity contribution is 6.18. The van der Waals surface area contributed by atoms with Crippen molar-refractivity contribution in [3.63, 3.8) is 0 Å². The maximum atomic E-state index is 9.64. The fourth-order valence-electron chi connectivity index (χ4n) is 8.40. The Morgan fingerprint density at radius 1 is 0.377 bits per heavy atom. The van der Waals surface area contributed by atoms with Gasteiger partial charge in [-0.1, -0.05) is 78.9 Å². The molecule has 0 saturated heterocycles. The molecule has 0 saturated carbocycles. The standard InChI is InChI=1S/C48H29N5/c49-30-31-22-23-44-39(25-31)37-17-4-7-20-43(37)52(44)35-15-8-11-32(26-35)33-12-9-16-36(27-33)53-45-21-10-24-50-48(45)41-28-40-38-18-5-6-19-42(38)51(46(40)29-47(41)53)34-13-2-1-3-14-34/h1-29H. The molecule has 0 bridgehead atoms. The number of fused-ring (bicyclic) bond motifs is 9. The van der Waals surface area contributed by atoms with E-state index >= 15 is 0 Å². The quantitative estimate of drug-likeness (QED) is 0.186. The molecule has 4 aromatic heterocycles. The molecule has 0 fully saturated rings. The second kappa shape index (κ2) is 11.3. The minimum atomic E-state index is 0.661. The summed E-state index contributed by atoms with van der Waals surface area (Å²) in [6.45, 7) is 0. The summed E-state index contributed by atoms with van der Waals surface area (Å²) in [6.07, 6.45) is 1.89. The van der Waals surface area contributed by atoms with Crippen molar-refractivity contribution in [3.05, 3.63) is 182 Å². The first-order valence-electron chi connectivity index (χ1n) is 17.8. The Bertz CT molecular complexity index is 3300. The highest BCUT2D eigenvalue weighted by Gasteiger charge is 2.19. The number of hydrogen-bond acceptors (Lipinski definition) is 2. The van der Waals surface area contributed by atoms with Crippen LogP contribution in [0.2, 0.25) is 0 Å². The minimum Gasteiger partial charge on any atom is -0.309 e. The summed E-state index contributed by atoms with van der Waals surface area (Å²) >= 11 is 0. The molecular formula is C48H29N5. The van der Waals surface area contributed by atoms with Gasteiger partial charge >= 0.3 is 0 Å². The van der Waals surface area contributed by atoms with Gasteiger partial charge in [-0.3, -0.25) is 4.98 Å². The van der Waals surface area contributed by atoms with E-state index in [1.165, 1.54) is 16.3 Å². The summed E-state index contributed by atoms with van der Waals surface area (Å²) in [5.41, 5.74) is 13.9. The van der Waals surface area contributed by atoms with Gasteiger partial charge in [0.15, 0.2) is 0 Å². The zero-order valence-corrected chi connectivity index (χ0v) is 28.5. The first kappa shape index (κ1) is 29.3. The van der Waals surface area contributed by atoms with Crippen LogP contribution in [0.25, 0.3) is 93.7 Å². The lowest BCUT2D eigenvalue weighted by atomic mass is 10.0. The fraction of sp³-hybridized carbons (Fsp3) is 0. The Balaban J connectivity index is 1.12. The molecule has 0 atom stereocenters. The summed E-state index contributed by atoms with van der Waals surface area (Å²) in [6, 6.07) is 62.4. The van der Waals surface area contributed by atoms with E-state index in [1.807, 2.05) is 24.4 Å². The van der Waals surface area contributed by atoms with Crippen LogP contribution in [-0.2, 0) is 0 Å². The predicted octanol–water partition coefficient (Wildman–Crippen LogP) is 11.9. The SMILES string of the molecule is N#Cc1ccc2c(c1)c1ccccc1n2-c1cccc(-c2cccc(-n3c4cc5c(cc4c4ncccc43)c3ccccc3n5-c3ccccc3)c2)c1. The third-order valence-corrected chi connectivity index (χ3v) is 10.7. The second-order valence-corrected chi connectivity index (χ2v) is 13.6. The fourth-order valence-corrected chi connectivity index (χ4v) is 8.40. The van der Waals surface area contributed by atoms with Crippen LogP contribution in [0.15, 0.2) is 176 Å². The summed E-state index contributed by atoms with van der Waals surface area (Å²) in [7, 11) is 0. The zero-order chi connectivity index (χ0) is 35.0. The van der Waals surface area contributed by atoms with Gasteiger partial charge in [-0.2, -0.15) is 5.26 Å². The van der Waals surface area contributed by atoms with Gasteiger partial charge in [0.2, 0.25) is 0 Å². The van der Waals surface area contributed by atoms with Gasteiger partial charge < -0.3 is 13.7 Å². The molecular weight excluding hydrogens is 647 g/mol. The zero-order valence-electron chi connectivity index (χ0n) is 28.5. The monoisotopic (exact) mass is 675 g/mol. The van der Waals surface area contributed by atoms with Crippen molar-refractivity contribution in [3.8, 4) is 34.3 Å². The summed E-state index contributed by atoms with van der Waals surface area (Å²) < 4.78 is 7.03. The van der Waals surface area contributed by atoms with Crippen LogP contribution in [0.4, 0.5) is 0 Å². The maximum Gasteiger partial charge on any atom is 0.0991 e. The molecule has 4 heterocycles. The van der Waals surface area contributed by atoms with Crippen molar-refractivity contribution in [2.75, 3.05) is 0 Å². The smallest absolute Gasteiger partial charge is 0.0991 e. The normalized spacial score (nSPS) is 11.8. The lowest BCUT2D eigenvalue weighted by Crippen LogP contribution is -1.97. The van der Waals surface area contributed by atoms with Gasteiger partial charge in [0.25, 0.3) is 0 Å². The lowest BCUT2D eigenvalue weighted by molar-refractivity contribution is 1.16. The summed E-state index contributed by atoms with van der Waals surface area (Å²) in [5, 5.41) is 15.4. The molecule has 5 nitrogen and oxygen atoms in total. The van der Waals surface area contributed by atoms with Crippen molar-refractivity contribution >= 4 is 65.5 Å². The average Bonchev–Trinajstić information content (AvgIpc) is 3.85. The molecule has 0 unspecified atom stereocenters. The Morgan fingerprint density at radius 3 is 1.62 bits per heavy atom. The molecule has 0 amide bonds. The van der Waals surface area contributed by atoms with Crippen LogP contribution in [0.1, 0.15) is 5.56 Å². The van der Waals surface area contributed by atoms with E-state index in [4.69, 9.17) is 4.98 Å². The molecule has 0 aliphatic carbocycles. The molecule has 0 radical (unpaired) electrons. The third-order valence-electron chi connectivity index (χ3n) is 10.7. The average molecular weight is 676 g/mol. The largest absolute Gasteiger partial charge is 0.309 e. The molecule has 11 rings (SSSR count). The lowest BCUT2D eigenvalue weighted by Gasteiger charge is -2.13. The Morgan fingerprint density at radius 2 is 0.925 bits per heavy atom. The highest BCUT2D eigenvalue weighted by Crippen LogP contribution is 2.40. The number of benzene rings is 7. The van der Waals surface area contributed by atoms with E-state index in [9.17, 15) is 5.26 Å². The van der Waals surface area contributed by atoms with Crippen LogP contribution in [0, 0.1) is 11.3 Å². The number of pyridine rings is 1. The van der Waals surface area contributed by atoms with E-state index in [2.05, 4.69) is 171 Å². The number of nitriles is 1. The van der Waals surface area contributed by atoms with Crippen molar-refractivity contribution in [2.24, 2.45) is 0 Å². The number of rotatable bonds is 4. The Hall–Kier alpha value is -7.42.